The molecular weight excluding hydrogens is 245 g/mol. The maximum absolute atomic E-state index is 14.0. The third-order valence-electron chi connectivity index (χ3n) is 3.96. The first-order valence-corrected chi connectivity index (χ1v) is 6.94. The monoisotopic (exact) mass is 267 g/mol. The lowest BCUT2D eigenvalue weighted by atomic mass is 9.87. The van der Waals surface area contributed by atoms with Crippen LogP contribution in [0.25, 0.3) is 0 Å². The van der Waals surface area contributed by atoms with Gasteiger partial charge >= 0.3 is 0 Å². The SMILES string of the molecule is CCC(CO)(NCC1CCCO1)c1ccccc1F. The van der Waals surface area contributed by atoms with Crippen molar-refractivity contribution in [2.45, 2.75) is 37.8 Å². The number of hydrogen-bond donors (Lipinski definition) is 2. The number of halogens is 1. The van der Waals surface area contributed by atoms with Gasteiger partial charge in [0.15, 0.2) is 0 Å². The first-order valence-electron chi connectivity index (χ1n) is 6.94. The van der Waals surface area contributed by atoms with Crippen LogP contribution in [0.4, 0.5) is 4.39 Å². The molecule has 2 atom stereocenters. The van der Waals surface area contributed by atoms with Crippen LogP contribution in [0.3, 0.4) is 0 Å². The van der Waals surface area contributed by atoms with E-state index in [1.807, 2.05) is 6.92 Å². The number of hydrogen-bond acceptors (Lipinski definition) is 3. The molecule has 1 aromatic carbocycles. The van der Waals surface area contributed by atoms with Crippen LogP contribution in [0.5, 0.6) is 0 Å². The molecule has 1 heterocycles. The summed E-state index contributed by atoms with van der Waals surface area (Å²) < 4.78 is 19.5. The molecule has 1 saturated heterocycles. The molecule has 0 amide bonds. The number of nitrogens with one attached hydrogen (secondary N) is 1. The summed E-state index contributed by atoms with van der Waals surface area (Å²) in [5.41, 5.74) is -0.199. The second-order valence-corrected chi connectivity index (χ2v) is 5.09. The number of benzene rings is 1. The zero-order valence-electron chi connectivity index (χ0n) is 11.4. The van der Waals surface area contributed by atoms with Crippen LogP contribution < -0.4 is 5.32 Å². The summed E-state index contributed by atoms with van der Waals surface area (Å²) in [6.07, 6.45) is 2.89. The molecule has 0 radical (unpaired) electrons. The van der Waals surface area contributed by atoms with Crippen molar-refractivity contribution < 1.29 is 14.2 Å². The van der Waals surface area contributed by atoms with Crippen LogP contribution in [0.1, 0.15) is 31.7 Å². The molecule has 2 N–H and O–H groups in total. The van der Waals surface area contributed by atoms with Crippen LogP contribution in [-0.4, -0.2) is 31.0 Å². The molecule has 0 spiro atoms. The zero-order valence-corrected chi connectivity index (χ0v) is 11.4. The van der Waals surface area contributed by atoms with E-state index in [0.717, 1.165) is 19.4 Å². The van der Waals surface area contributed by atoms with Crippen LogP contribution in [0.2, 0.25) is 0 Å². The molecule has 0 aliphatic carbocycles. The summed E-state index contributed by atoms with van der Waals surface area (Å²) >= 11 is 0. The predicted molar refractivity (Wildman–Crippen MR) is 72.4 cm³/mol. The van der Waals surface area contributed by atoms with Gasteiger partial charge in [0.1, 0.15) is 5.82 Å². The molecule has 4 heteroatoms. The Labute approximate surface area is 113 Å². The summed E-state index contributed by atoms with van der Waals surface area (Å²) in [6.45, 7) is 3.26. The first-order chi connectivity index (χ1) is 9.22. The molecule has 3 nitrogen and oxygen atoms in total. The van der Waals surface area contributed by atoms with Crippen molar-refractivity contribution in [2.75, 3.05) is 19.8 Å². The second kappa shape index (κ2) is 6.46. The van der Waals surface area contributed by atoms with Gasteiger partial charge in [-0.3, -0.25) is 0 Å². The smallest absolute Gasteiger partial charge is 0.128 e. The number of aliphatic hydroxyl groups excluding tert-OH is 1. The third-order valence-corrected chi connectivity index (χ3v) is 3.96. The van der Waals surface area contributed by atoms with Crippen molar-refractivity contribution in [1.82, 2.24) is 5.32 Å². The summed E-state index contributed by atoms with van der Waals surface area (Å²) in [6, 6.07) is 6.63. The average Bonchev–Trinajstić information content (AvgIpc) is 2.95. The Kier molecular flexibility index (Phi) is 4.91. The minimum atomic E-state index is -0.725. The van der Waals surface area contributed by atoms with E-state index in [2.05, 4.69) is 5.32 Å². The maximum atomic E-state index is 14.0. The van der Waals surface area contributed by atoms with Crippen LogP contribution in [0, 0.1) is 5.82 Å². The van der Waals surface area contributed by atoms with Gasteiger partial charge in [-0.2, -0.15) is 0 Å². The van der Waals surface area contributed by atoms with Crippen LogP contribution in [-0.2, 0) is 10.3 Å². The molecule has 1 aliphatic rings. The van der Waals surface area contributed by atoms with E-state index in [0.29, 0.717) is 18.5 Å². The molecule has 106 valence electrons. The Morgan fingerprint density at radius 2 is 2.26 bits per heavy atom. The molecule has 0 bridgehead atoms. The molecule has 1 aromatic rings. The van der Waals surface area contributed by atoms with E-state index in [9.17, 15) is 9.50 Å². The van der Waals surface area contributed by atoms with E-state index in [-0.39, 0.29) is 18.5 Å². The van der Waals surface area contributed by atoms with Crippen molar-refractivity contribution in [3.63, 3.8) is 0 Å². The average molecular weight is 267 g/mol. The molecule has 0 saturated carbocycles. The minimum Gasteiger partial charge on any atom is -0.394 e. The molecule has 1 fully saturated rings. The van der Waals surface area contributed by atoms with Crippen molar-refractivity contribution in [1.29, 1.82) is 0 Å². The fourth-order valence-corrected chi connectivity index (χ4v) is 2.63. The minimum absolute atomic E-state index is 0.128. The van der Waals surface area contributed by atoms with Crippen molar-refractivity contribution in [3.05, 3.63) is 35.6 Å². The lowest BCUT2D eigenvalue weighted by Crippen LogP contribution is -2.48. The van der Waals surface area contributed by atoms with Crippen molar-refractivity contribution in [2.24, 2.45) is 0 Å². The highest BCUT2D eigenvalue weighted by Gasteiger charge is 2.32. The first kappa shape index (κ1) is 14.4. The zero-order chi connectivity index (χ0) is 13.7. The van der Waals surface area contributed by atoms with Gasteiger partial charge in [-0.05, 0) is 25.3 Å². The Bertz CT molecular complexity index is 401. The highest BCUT2D eigenvalue weighted by atomic mass is 19.1. The Morgan fingerprint density at radius 1 is 1.47 bits per heavy atom. The van der Waals surface area contributed by atoms with Gasteiger partial charge < -0.3 is 15.2 Å². The summed E-state index contributed by atoms with van der Waals surface area (Å²) in [7, 11) is 0. The Hall–Kier alpha value is -0.970. The lowest BCUT2D eigenvalue weighted by Gasteiger charge is -2.34. The number of ether oxygens (including phenoxy) is 1. The van der Waals surface area contributed by atoms with E-state index in [1.54, 1.807) is 18.2 Å². The highest BCUT2D eigenvalue weighted by Crippen LogP contribution is 2.27. The molecular formula is C15H22FNO2. The molecule has 1 aliphatic heterocycles. The molecule has 2 unspecified atom stereocenters. The molecule has 2 rings (SSSR count). The van der Waals surface area contributed by atoms with Crippen LogP contribution in [0.15, 0.2) is 24.3 Å². The lowest BCUT2D eigenvalue weighted by molar-refractivity contribution is 0.0846. The van der Waals surface area contributed by atoms with E-state index in [1.165, 1.54) is 6.07 Å². The van der Waals surface area contributed by atoms with Gasteiger partial charge in [0.25, 0.3) is 0 Å². The summed E-state index contributed by atoms with van der Waals surface area (Å²) in [4.78, 5) is 0. The maximum Gasteiger partial charge on any atom is 0.128 e. The van der Waals surface area contributed by atoms with Gasteiger partial charge in [-0.1, -0.05) is 25.1 Å². The Balaban J connectivity index is 2.14. The topological polar surface area (TPSA) is 41.5 Å². The fourth-order valence-electron chi connectivity index (χ4n) is 2.63. The fraction of sp³-hybridized carbons (Fsp3) is 0.600. The van der Waals surface area contributed by atoms with Gasteiger partial charge in [-0.15, -0.1) is 0 Å². The van der Waals surface area contributed by atoms with Crippen LogP contribution >= 0.6 is 0 Å². The van der Waals surface area contributed by atoms with E-state index >= 15 is 0 Å². The van der Waals surface area contributed by atoms with E-state index < -0.39 is 5.54 Å². The normalized spacial score (nSPS) is 22.4. The molecule has 0 aromatic heterocycles. The van der Waals surface area contributed by atoms with Crippen molar-refractivity contribution >= 4 is 0 Å². The Morgan fingerprint density at radius 3 is 2.84 bits per heavy atom. The third kappa shape index (κ3) is 3.14. The number of rotatable bonds is 6. The van der Waals surface area contributed by atoms with Gasteiger partial charge in [0.2, 0.25) is 0 Å². The summed E-state index contributed by atoms with van der Waals surface area (Å²) in [5.74, 6) is -0.279. The van der Waals surface area contributed by atoms with Gasteiger partial charge in [0, 0.05) is 18.7 Å². The summed E-state index contributed by atoms with van der Waals surface area (Å²) in [5, 5.41) is 13.1. The van der Waals surface area contributed by atoms with E-state index in [4.69, 9.17) is 4.74 Å². The van der Waals surface area contributed by atoms with Crippen molar-refractivity contribution in [3.8, 4) is 0 Å². The molecule has 19 heavy (non-hydrogen) atoms. The van der Waals surface area contributed by atoms with Gasteiger partial charge in [0.05, 0.1) is 18.2 Å². The predicted octanol–water partition coefficient (Wildman–Crippen LogP) is 2.19. The largest absolute Gasteiger partial charge is 0.394 e. The standard InChI is InChI=1S/C15H22FNO2/c1-2-15(11-18,13-7-3-4-8-14(13)16)17-10-12-6-5-9-19-12/h3-4,7-8,12,17-18H,2,5-6,9-11H2,1H3. The quantitative estimate of drug-likeness (QED) is 0.830. The number of aliphatic hydroxyl groups is 1. The second-order valence-electron chi connectivity index (χ2n) is 5.09. The van der Waals surface area contributed by atoms with Gasteiger partial charge in [-0.25, -0.2) is 4.39 Å². The highest BCUT2D eigenvalue weighted by molar-refractivity contribution is 5.26.